The van der Waals surface area contributed by atoms with Gasteiger partial charge in [-0.2, -0.15) is 0 Å². The summed E-state index contributed by atoms with van der Waals surface area (Å²) in [6.07, 6.45) is 7.14. The number of rotatable bonds is 4. The van der Waals surface area contributed by atoms with E-state index in [2.05, 4.69) is 29.6 Å². The predicted octanol–water partition coefficient (Wildman–Crippen LogP) is 2.82. The van der Waals surface area contributed by atoms with E-state index in [0.29, 0.717) is 17.3 Å². The van der Waals surface area contributed by atoms with E-state index in [1.54, 1.807) is 0 Å². The second-order valence-electron chi connectivity index (χ2n) is 6.14. The summed E-state index contributed by atoms with van der Waals surface area (Å²) in [6.45, 7) is 2.05. The standard InChI is InChI=1S/C17H25NOS/c1-2-20(19)17-10-6-5-9-16(17)18-15-11-13-7-3-4-8-14(13)12-15/h3-4,7-8,15-18H,2,5-6,9-12H2,1H3/t16-,17+,20+/m0/s1. The fraction of sp³-hybridized carbons (Fsp3) is 0.647. The van der Waals surface area contributed by atoms with Gasteiger partial charge < -0.3 is 5.32 Å². The van der Waals surface area contributed by atoms with Crippen LogP contribution >= 0.6 is 0 Å². The van der Waals surface area contributed by atoms with E-state index in [4.69, 9.17) is 0 Å². The largest absolute Gasteiger partial charge is 0.309 e. The Balaban J connectivity index is 1.64. The maximum atomic E-state index is 12.2. The maximum absolute atomic E-state index is 12.2. The molecule has 0 aliphatic heterocycles. The van der Waals surface area contributed by atoms with Gasteiger partial charge in [-0.25, -0.2) is 0 Å². The van der Waals surface area contributed by atoms with E-state index < -0.39 is 10.8 Å². The van der Waals surface area contributed by atoms with Crippen LogP contribution in [0.1, 0.15) is 43.7 Å². The zero-order chi connectivity index (χ0) is 13.9. The van der Waals surface area contributed by atoms with E-state index in [9.17, 15) is 4.21 Å². The highest BCUT2D eigenvalue weighted by molar-refractivity contribution is 7.85. The summed E-state index contributed by atoms with van der Waals surface area (Å²) in [5.74, 6) is 0.799. The summed E-state index contributed by atoms with van der Waals surface area (Å²) in [4.78, 5) is 0. The molecule has 0 unspecified atom stereocenters. The van der Waals surface area contributed by atoms with Gasteiger partial charge in [-0.05, 0) is 36.8 Å². The third-order valence-corrected chi connectivity index (χ3v) is 6.63. The molecule has 0 saturated heterocycles. The van der Waals surface area contributed by atoms with Gasteiger partial charge in [0, 0.05) is 28.6 Å². The van der Waals surface area contributed by atoms with Gasteiger partial charge in [-0.3, -0.25) is 4.21 Å². The van der Waals surface area contributed by atoms with Crippen LogP contribution in [0, 0.1) is 0 Å². The number of hydrogen-bond acceptors (Lipinski definition) is 2. The van der Waals surface area contributed by atoms with Crippen LogP contribution in [-0.2, 0) is 23.6 Å². The first-order valence-corrected chi connectivity index (χ1v) is 9.36. The Morgan fingerprint density at radius 3 is 2.45 bits per heavy atom. The van der Waals surface area contributed by atoms with Gasteiger partial charge in [-0.1, -0.05) is 44.0 Å². The highest BCUT2D eigenvalue weighted by Gasteiger charge is 2.32. The minimum atomic E-state index is -0.656. The molecule has 0 bridgehead atoms. The Bertz CT molecular complexity index is 463. The molecule has 2 aliphatic rings. The van der Waals surface area contributed by atoms with Gasteiger partial charge in [0.05, 0.1) is 5.25 Å². The highest BCUT2D eigenvalue weighted by Crippen LogP contribution is 2.27. The Kier molecular flexibility index (Phi) is 4.57. The first-order valence-electron chi connectivity index (χ1n) is 7.98. The van der Waals surface area contributed by atoms with E-state index in [0.717, 1.165) is 25.0 Å². The molecule has 1 N–H and O–H groups in total. The monoisotopic (exact) mass is 291 g/mol. The van der Waals surface area contributed by atoms with Crippen molar-refractivity contribution >= 4 is 10.8 Å². The molecule has 20 heavy (non-hydrogen) atoms. The van der Waals surface area contributed by atoms with Crippen molar-refractivity contribution in [1.82, 2.24) is 5.32 Å². The van der Waals surface area contributed by atoms with Crippen molar-refractivity contribution < 1.29 is 4.21 Å². The average molecular weight is 291 g/mol. The molecular formula is C17H25NOS. The van der Waals surface area contributed by atoms with Crippen molar-refractivity contribution in [3.8, 4) is 0 Å². The molecule has 0 heterocycles. The molecule has 1 aromatic rings. The summed E-state index contributed by atoms with van der Waals surface area (Å²) >= 11 is 0. The van der Waals surface area contributed by atoms with E-state index in [-0.39, 0.29) is 0 Å². The Hall–Kier alpha value is -0.670. The lowest BCUT2D eigenvalue weighted by Crippen LogP contribution is -2.49. The molecule has 3 atom stereocenters. The minimum Gasteiger partial charge on any atom is -0.309 e. The van der Waals surface area contributed by atoms with Crippen molar-refractivity contribution in [3.63, 3.8) is 0 Å². The molecule has 1 aromatic carbocycles. The molecule has 110 valence electrons. The lowest BCUT2D eigenvalue weighted by atomic mass is 9.94. The first-order chi connectivity index (χ1) is 9.78. The van der Waals surface area contributed by atoms with Crippen LogP contribution in [0.2, 0.25) is 0 Å². The van der Waals surface area contributed by atoms with Gasteiger partial charge in [0.15, 0.2) is 0 Å². The third kappa shape index (κ3) is 2.99. The van der Waals surface area contributed by atoms with Gasteiger partial charge in [0.2, 0.25) is 0 Å². The predicted molar refractivity (Wildman–Crippen MR) is 85.5 cm³/mol. The van der Waals surface area contributed by atoms with Crippen LogP contribution < -0.4 is 5.32 Å². The lowest BCUT2D eigenvalue weighted by molar-refractivity contribution is 0.344. The van der Waals surface area contributed by atoms with Crippen LogP contribution in [0.4, 0.5) is 0 Å². The van der Waals surface area contributed by atoms with Gasteiger partial charge in [0.25, 0.3) is 0 Å². The molecule has 0 spiro atoms. The molecule has 3 heteroatoms. The quantitative estimate of drug-likeness (QED) is 0.924. The highest BCUT2D eigenvalue weighted by atomic mass is 32.2. The fourth-order valence-corrected chi connectivity index (χ4v) is 5.23. The maximum Gasteiger partial charge on any atom is 0.0501 e. The smallest absolute Gasteiger partial charge is 0.0501 e. The topological polar surface area (TPSA) is 29.1 Å². The van der Waals surface area contributed by atoms with Gasteiger partial charge in [0.1, 0.15) is 0 Å². The minimum absolute atomic E-state index is 0.373. The van der Waals surface area contributed by atoms with Gasteiger partial charge >= 0.3 is 0 Å². The number of hydrogen-bond donors (Lipinski definition) is 1. The second kappa shape index (κ2) is 6.40. The SMILES string of the molecule is CC[S@@](=O)[C@@H]1CCCC[C@@H]1NC1Cc2ccccc2C1. The second-order valence-corrected chi connectivity index (χ2v) is 8.08. The van der Waals surface area contributed by atoms with E-state index in [1.807, 2.05) is 6.92 Å². The molecule has 0 amide bonds. The van der Waals surface area contributed by atoms with Crippen LogP contribution in [0.5, 0.6) is 0 Å². The zero-order valence-electron chi connectivity index (χ0n) is 12.3. The summed E-state index contributed by atoms with van der Waals surface area (Å²) < 4.78 is 12.2. The molecule has 1 saturated carbocycles. The Morgan fingerprint density at radius 2 is 1.80 bits per heavy atom. The summed E-state index contributed by atoms with van der Waals surface area (Å²) in [5, 5.41) is 4.21. The molecular weight excluding hydrogens is 266 g/mol. The molecule has 0 aromatic heterocycles. The number of fused-ring (bicyclic) bond motifs is 1. The fourth-order valence-electron chi connectivity index (χ4n) is 3.80. The van der Waals surface area contributed by atoms with Crippen molar-refractivity contribution in [2.24, 2.45) is 0 Å². The summed E-state index contributed by atoms with van der Waals surface area (Å²) in [5.41, 5.74) is 2.99. The van der Waals surface area contributed by atoms with Crippen molar-refractivity contribution in [2.75, 3.05) is 5.75 Å². The van der Waals surface area contributed by atoms with E-state index >= 15 is 0 Å². The van der Waals surface area contributed by atoms with Crippen molar-refractivity contribution in [2.45, 2.75) is 62.8 Å². The Labute approximate surface area is 124 Å². The first kappa shape index (κ1) is 14.3. The summed E-state index contributed by atoms with van der Waals surface area (Å²) in [7, 11) is -0.656. The van der Waals surface area contributed by atoms with Crippen LogP contribution in [0.3, 0.4) is 0 Å². The van der Waals surface area contributed by atoms with Crippen molar-refractivity contribution in [3.05, 3.63) is 35.4 Å². The van der Waals surface area contributed by atoms with Gasteiger partial charge in [-0.15, -0.1) is 0 Å². The van der Waals surface area contributed by atoms with Crippen LogP contribution in [0.25, 0.3) is 0 Å². The molecule has 2 nitrogen and oxygen atoms in total. The molecule has 3 rings (SSSR count). The van der Waals surface area contributed by atoms with Crippen molar-refractivity contribution in [1.29, 1.82) is 0 Å². The molecule has 1 fully saturated rings. The normalized spacial score (nSPS) is 28.2. The van der Waals surface area contributed by atoms with E-state index in [1.165, 1.54) is 30.4 Å². The third-order valence-electron chi connectivity index (χ3n) is 4.83. The Morgan fingerprint density at radius 1 is 1.15 bits per heavy atom. The van der Waals surface area contributed by atoms with Crippen LogP contribution in [0.15, 0.2) is 24.3 Å². The number of benzene rings is 1. The van der Waals surface area contributed by atoms with Crippen LogP contribution in [-0.4, -0.2) is 27.3 Å². The molecule has 0 radical (unpaired) electrons. The lowest BCUT2D eigenvalue weighted by Gasteiger charge is -2.33. The average Bonchev–Trinajstić information content (AvgIpc) is 2.89. The summed E-state index contributed by atoms with van der Waals surface area (Å²) in [6, 6.07) is 9.78. The zero-order valence-corrected chi connectivity index (χ0v) is 13.1. The number of nitrogens with one attached hydrogen (secondary N) is 1. The molecule has 2 aliphatic carbocycles.